The Balaban J connectivity index is 1.74. The molecule has 5 nitrogen and oxygen atoms in total. The molecule has 2 N–H and O–H groups in total. The number of fused-ring (bicyclic) bond motifs is 1. The molecule has 0 fully saturated rings. The Morgan fingerprint density at radius 1 is 1.35 bits per heavy atom. The third kappa shape index (κ3) is 2.61. The topological polar surface area (TPSA) is 66.9 Å². The van der Waals surface area contributed by atoms with Gasteiger partial charge in [0.25, 0.3) is 5.91 Å². The molecule has 0 saturated heterocycles. The van der Waals surface area contributed by atoms with Gasteiger partial charge in [0, 0.05) is 24.0 Å². The summed E-state index contributed by atoms with van der Waals surface area (Å²) in [6, 6.07) is 7.61. The number of benzene rings is 1. The van der Waals surface area contributed by atoms with E-state index in [0.29, 0.717) is 6.54 Å². The molecule has 1 amide bonds. The van der Waals surface area contributed by atoms with E-state index < -0.39 is 0 Å². The lowest BCUT2D eigenvalue weighted by atomic mass is 9.97. The highest BCUT2D eigenvalue weighted by Gasteiger charge is 2.16. The van der Waals surface area contributed by atoms with Gasteiger partial charge in [-0.05, 0) is 36.6 Å². The second-order valence-electron chi connectivity index (χ2n) is 4.75. The van der Waals surface area contributed by atoms with Gasteiger partial charge < -0.3 is 10.6 Å². The minimum absolute atomic E-state index is 0.0517. The van der Waals surface area contributed by atoms with Crippen LogP contribution >= 0.6 is 0 Å². The number of carbonyl (C=O) groups excluding carboxylic acids is 1. The zero-order chi connectivity index (χ0) is 13.8. The van der Waals surface area contributed by atoms with Crippen LogP contribution in [0, 0.1) is 0 Å². The van der Waals surface area contributed by atoms with E-state index in [4.69, 9.17) is 0 Å². The van der Waals surface area contributed by atoms with Crippen LogP contribution in [-0.4, -0.2) is 22.4 Å². The molecule has 1 aromatic heterocycles. The molecule has 5 heteroatoms. The van der Waals surface area contributed by atoms with Gasteiger partial charge in [0.15, 0.2) is 0 Å². The smallest absolute Gasteiger partial charge is 0.251 e. The summed E-state index contributed by atoms with van der Waals surface area (Å²) >= 11 is 0. The van der Waals surface area contributed by atoms with Crippen molar-refractivity contribution in [3.8, 4) is 0 Å². The molecule has 0 spiro atoms. The monoisotopic (exact) mass is 268 g/mol. The number of nitrogens with one attached hydrogen (secondary N) is 2. The van der Waals surface area contributed by atoms with Crippen LogP contribution in [0.5, 0.6) is 0 Å². The van der Waals surface area contributed by atoms with Crippen LogP contribution in [-0.2, 0) is 13.0 Å². The van der Waals surface area contributed by atoms with E-state index in [1.807, 2.05) is 18.2 Å². The molecule has 1 aliphatic heterocycles. The fraction of sp³-hybridized carbons (Fsp3) is 0.267. The van der Waals surface area contributed by atoms with E-state index in [1.54, 1.807) is 12.3 Å². The molecule has 0 radical (unpaired) electrons. The van der Waals surface area contributed by atoms with E-state index in [-0.39, 0.29) is 5.91 Å². The lowest BCUT2D eigenvalue weighted by Gasteiger charge is -2.20. The van der Waals surface area contributed by atoms with E-state index in [1.165, 1.54) is 6.33 Å². The van der Waals surface area contributed by atoms with Crippen LogP contribution in [0.2, 0.25) is 0 Å². The number of nitrogens with zero attached hydrogens (tertiary/aromatic N) is 2. The highest BCUT2D eigenvalue weighted by atomic mass is 16.1. The van der Waals surface area contributed by atoms with Crippen molar-refractivity contribution in [2.45, 2.75) is 19.4 Å². The fourth-order valence-corrected chi connectivity index (χ4v) is 2.41. The minimum atomic E-state index is -0.0517. The molecule has 1 aliphatic rings. The van der Waals surface area contributed by atoms with Gasteiger partial charge in [-0.25, -0.2) is 9.97 Å². The van der Waals surface area contributed by atoms with Gasteiger partial charge in [-0.2, -0.15) is 0 Å². The van der Waals surface area contributed by atoms with E-state index in [9.17, 15) is 4.79 Å². The Morgan fingerprint density at radius 3 is 3.15 bits per heavy atom. The molecule has 3 rings (SSSR count). The predicted molar refractivity (Wildman–Crippen MR) is 76.5 cm³/mol. The van der Waals surface area contributed by atoms with Gasteiger partial charge in [0.2, 0.25) is 0 Å². The normalized spacial score (nSPS) is 13.2. The Morgan fingerprint density at radius 2 is 2.30 bits per heavy atom. The molecule has 0 bridgehead atoms. The van der Waals surface area contributed by atoms with Crippen molar-refractivity contribution < 1.29 is 4.79 Å². The third-order valence-corrected chi connectivity index (χ3v) is 3.41. The summed E-state index contributed by atoms with van der Waals surface area (Å²) in [6.45, 7) is 1.39. The first kappa shape index (κ1) is 12.6. The molecule has 2 aromatic rings. The van der Waals surface area contributed by atoms with Crippen molar-refractivity contribution in [3.63, 3.8) is 0 Å². The van der Waals surface area contributed by atoms with Gasteiger partial charge in [0.05, 0.1) is 12.2 Å². The van der Waals surface area contributed by atoms with Crippen LogP contribution in [0.15, 0.2) is 36.8 Å². The second kappa shape index (κ2) is 5.69. The van der Waals surface area contributed by atoms with Crippen LogP contribution in [0.1, 0.15) is 28.0 Å². The Hall–Kier alpha value is -2.43. The lowest BCUT2D eigenvalue weighted by Crippen LogP contribution is -2.26. The van der Waals surface area contributed by atoms with Crippen LogP contribution < -0.4 is 10.6 Å². The van der Waals surface area contributed by atoms with Gasteiger partial charge in [-0.1, -0.05) is 6.07 Å². The van der Waals surface area contributed by atoms with Crippen molar-refractivity contribution in [3.05, 3.63) is 53.6 Å². The van der Waals surface area contributed by atoms with E-state index in [0.717, 1.165) is 41.9 Å². The molecule has 0 aliphatic carbocycles. The average molecular weight is 268 g/mol. The number of rotatable bonds is 3. The van der Waals surface area contributed by atoms with Gasteiger partial charge in [-0.3, -0.25) is 4.79 Å². The molecule has 0 saturated carbocycles. The van der Waals surface area contributed by atoms with Crippen molar-refractivity contribution >= 4 is 11.6 Å². The minimum Gasteiger partial charge on any atom is -0.385 e. The largest absolute Gasteiger partial charge is 0.385 e. The van der Waals surface area contributed by atoms with Crippen molar-refractivity contribution in [2.75, 3.05) is 11.9 Å². The van der Waals surface area contributed by atoms with Crippen LogP contribution in [0.25, 0.3) is 0 Å². The zero-order valence-corrected chi connectivity index (χ0v) is 11.1. The number of hydrogen-bond acceptors (Lipinski definition) is 4. The first-order valence-electron chi connectivity index (χ1n) is 6.73. The summed E-state index contributed by atoms with van der Waals surface area (Å²) in [4.78, 5) is 20.3. The molecule has 1 aromatic carbocycles. The molecule has 0 unspecified atom stereocenters. The first-order valence-corrected chi connectivity index (χ1v) is 6.73. The predicted octanol–water partition coefficient (Wildman–Crippen LogP) is 1.76. The Bertz CT molecular complexity index is 613. The Labute approximate surface area is 117 Å². The number of carbonyl (C=O) groups is 1. The number of anilines is 1. The highest BCUT2D eigenvalue weighted by Crippen LogP contribution is 2.25. The molecule has 0 atom stereocenters. The SMILES string of the molecule is O=C(NCc1ccncn1)c1cccc2c1CCCN2. The van der Waals surface area contributed by atoms with Gasteiger partial charge in [-0.15, -0.1) is 0 Å². The van der Waals surface area contributed by atoms with Gasteiger partial charge >= 0.3 is 0 Å². The second-order valence-corrected chi connectivity index (χ2v) is 4.75. The Kier molecular flexibility index (Phi) is 3.58. The van der Waals surface area contributed by atoms with Crippen molar-refractivity contribution in [1.29, 1.82) is 0 Å². The highest BCUT2D eigenvalue weighted by molar-refractivity contribution is 5.97. The maximum Gasteiger partial charge on any atom is 0.251 e. The van der Waals surface area contributed by atoms with Gasteiger partial charge in [0.1, 0.15) is 6.33 Å². The summed E-state index contributed by atoms with van der Waals surface area (Å²) in [6.07, 6.45) is 5.15. The third-order valence-electron chi connectivity index (χ3n) is 3.41. The van der Waals surface area contributed by atoms with Crippen molar-refractivity contribution in [2.24, 2.45) is 0 Å². The molecule has 20 heavy (non-hydrogen) atoms. The standard InChI is InChI=1S/C15H16N4O/c20-15(18-9-11-6-8-16-10-19-11)13-3-1-5-14-12(13)4-2-7-17-14/h1,3,5-6,8,10,17H,2,4,7,9H2,(H,18,20). The van der Waals surface area contributed by atoms with Crippen molar-refractivity contribution in [1.82, 2.24) is 15.3 Å². The number of hydrogen-bond donors (Lipinski definition) is 2. The van der Waals surface area contributed by atoms with Crippen LogP contribution in [0.4, 0.5) is 5.69 Å². The summed E-state index contributed by atoms with van der Waals surface area (Å²) in [5.74, 6) is -0.0517. The molecule has 102 valence electrons. The summed E-state index contributed by atoms with van der Waals surface area (Å²) in [7, 11) is 0. The number of amides is 1. The lowest BCUT2D eigenvalue weighted by molar-refractivity contribution is 0.0949. The summed E-state index contributed by atoms with van der Waals surface area (Å²) in [5.41, 5.74) is 3.74. The van der Waals surface area contributed by atoms with E-state index in [2.05, 4.69) is 20.6 Å². The number of aromatic nitrogens is 2. The summed E-state index contributed by atoms with van der Waals surface area (Å²) < 4.78 is 0. The first-order chi connectivity index (χ1) is 9.84. The average Bonchev–Trinajstić information content (AvgIpc) is 2.53. The summed E-state index contributed by atoms with van der Waals surface area (Å²) in [5, 5.41) is 6.24. The molecule has 2 heterocycles. The van der Waals surface area contributed by atoms with Crippen LogP contribution in [0.3, 0.4) is 0 Å². The maximum atomic E-state index is 12.3. The van der Waals surface area contributed by atoms with E-state index >= 15 is 0 Å². The zero-order valence-electron chi connectivity index (χ0n) is 11.1. The molecular formula is C15H16N4O. The maximum absolute atomic E-state index is 12.3. The fourth-order valence-electron chi connectivity index (χ4n) is 2.41. The quantitative estimate of drug-likeness (QED) is 0.890. The molecular weight excluding hydrogens is 252 g/mol.